The highest BCUT2D eigenvalue weighted by Gasteiger charge is 2.29. The smallest absolute Gasteiger partial charge is 0.269 e. The molecule has 0 spiro atoms. The summed E-state index contributed by atoms with van der Waals surface area (Å²) in [6.07, 6.45) is 3.74. The number of nitrogens with two attached hydrogens (primary N) is 1. The molecule has 5 rings (SSSR count). The van der Waals surface area contributed by atoms with Crippen molar-refractivity contribution in [2.45, 2.75) is 4.21 Å². The SMILES string of the molecule is COCC[S+](O)c1sc2nc(-c3cnc4nn(C)cc4c3)cc(-c3ccccc3)c2c1N. The zero-order chi connectivity index (χ0) is 22.2. The minimum absolute atomic E-state index is 0.467. The van der Waals surface area contributed by atoms with Crippen LogP contribution >= 0.6 is 11.3 Å². The van der Waals surface area contributed by atoms with Crippen molar-refractivity contribution >= 4 is 49.5 Å². The Bertz CT molecular complexity index is 1410. The van der Waals surface area contributed by atoms with E-state index in [2.05, 4.69) is 22.2 Å². The molecular formula is C23H22N5O2S2+. The van der Waals surface area contributed by atoms with Crippen molar-refractivity contribution in [3.63, 3.8) is 0 Å². The zero-order valence-corrected chi connectivity index (χ0v) is 19.3. The minimum atomic E-state index is -1.00. The molecule has 0 aliphatic heterocycles. The minimum Gasteiger partial charge on any atom is -0.393 e. The van der Waals surface area contributed by atoms with E-state index in [1.165, 1.54) is 11.3 Å². The molecule has 0 fully saturated rings. The summed E-state index contributed by atoms with van der Waals surface area (Å²) in [6, 6.07) is 14.2. The lowest BCUT2D eigenvalue weighted by molar-refractivity contribution is 0.217. The van der Waals surface area contributed by atoms with Gasteiger partial charge in [0.1, 0.15) is 10.5 Å². The van der Waals surface area contributed by atoms with Crippen LogP contribution in [-0.4, -0.2) is 43.8 Å². The number of aryl methyl sites for hydroxylation is 1. The van der Waals surface area contributed by atoms with Crippen molar-refractivity contribution in [3.05, 3.63) is 54.9 Å². The predicted octanol–water partition coefficient (Wildman–Crippen LogP) is 4.59. The molecule has 0 bridgehead atoms. The van der Waals surface area contributed by atoms with Gasteiger partial charge in [-0.15, -0.1) is 0 Å². The third kappa shape index (κ3) is 3.73. The summed E-state index contributed by atoms with van der Waals surface area (Å²) in [5.74, 6) is 0.503. The number of fused-ring (bicyclic) bond motifs is 2. The summed E-state index contributed by atoms with van der Waals surface area (Å²) in [6.45, 7) is 0.467. The first-order valence-corrected chi connectivity index (χ1v) is 12.2. The van der Waals surface area contributed by atoms with Crippen molar-refractivity contribution in [2.75, 3.05) is 25.2 Å². The number of benzene rings is 1. The summed E-state index contributed by atoms with van der Waals surface area (Å²) in [5, 5.41) is 6.18. The highest BCUT2D eigenvalue weighted by molar-refractivity contribution is 7.93. The van der Waals surface area contributed by atoms with E-state index in [0.29, 0.717) is 23.7 Å². The Morgan fingerprint density at radius 1 is 1.19 bits per heavy atom. The summed E-state index contributed by atoms with van der Waals surface area (Å²) >= 11 is 0.438. The van der Waals surface area contributed by atoms with E-state index < -0.39 is 11.2 Å². The molecule has 0 aliphatic rings. The number of thiophene rings is 1. The molecule has 162 valence electrons. The van der Waals surface area contributed by atoms with E-state index in [1.807, 2.05) is 43.6 Å². The maximum atomic E-state index is 10.7. The number of methoxy groups -OCH3 is 1. The summed E-state index contributed by atoms with van der Waals surface area (Å²) < 4.78 is 18.4. The standard InChI is InChI=1S/C23H22N5O2S2/c1-28-13-16-10-15(12-25-21(16)27-28)18-11-17(14-6-4-3-5-7-14)19-20(24)23(31-22(19)26-18)32(29)9-8-30-2/h3-7,10-13,29H,8-9,24H2,1-2H3/q+1. The highest BCUT2D eigenvalue weighted by Crippen LogP contribution is 2.43. The van der Waals surface area contributed by atoms with Crippen LogP contribution in [-0.2, 0) is 23.0 Å². The fourth-order valence-corrected chi connectivity index (χ4v) is 6.29. The van der Waals surface area contributed by atoms with Crippen LogP contribution in [0.5, 0.6) is 0 Å². The monoisotopic (exact) mass is 464 g/mol. The molecule has 0 amide bonds. The average molecular weight is 465 g/mol. The number of aromatic nitrogens is 4. The van der Waals surface area contributed by atoms with Gasteiger partial charge in [0.15, 0.2) is 22.6 Å². The Labute approximate surface area is 192 Å². The molecule has 0 aliphatic carbocycles. The van der Waals surface area contributed by atoms with Crippen LogP contribution in [0, 0.1) is 0 Å². The second kappa shape index (κ2) is 8.51. The van der Waals surface area contributed by atoms with E-state index in [0.717, 1.165) is 42.2 Å². The summed E-state index contributed by atoms with van der Waals surface area (Å²) in [4.78, 5) is 10.2. The van der Waals surface area contributed by atoms with E-state index in [1.54, 1.807) is 18.0 Å². The van der Waals surface area contributed by atoms with Gasteiger partial charge in [0, 0.05) is 42.9 Å². The third-order valence-corrected chi connectivity index (χ3v) is 8.14. The molecule has 1 unspecified atom stereocenters. The van der Waals surface area contributed by atoms with Gasteiger partial charge >= 0.3 is 0 Å². The van der Waals surface area contributed by atoms with E-state index in [-0.39, 0.29) is 0 Å². The van der Waals surface area contributed by atoms with Crippen LogP contribution in [0.2, 0.25) is 0 Å². The van der Waals surface area contributed by atoms with Crippen molar-refractivity contribution in [1.29, 1.82) is 0 Å². The second-order valence-corrected chi connectivity index (χ2v) is 10.2. The summed E-state index contributed by atoms with van der Waals surface area (Å²) in [5.41, 5.74) is 11.6. The highest BCUT2D eigenvalue weighted by atomic mass is 32.2. The van der Waals surface area contributed by atoms with Crippen LogP contribution in [0.1, 0.15) is 0 Å². The van der Waals surface area contributed by atoms with Gasteiger partial charge in [-0.1, -0.05) is 41.7 Å². The molecule has 1 aromatic carbocycles. The Kier molecular flexibility index (Phi) is 5.56. The van der Waals surface area contributed by atoms with Gasteiger partial charge in [-0.05, 0) is 23.3 Å². The van der Waals surface area contributed by atoms with E-state index in [4.69, 9.17) is 15.5 Å². The van der Waals surface area contributed by atoms with Crippen LogP contribution in [0.3, 0.4) is 0 Å². The number of pyridine rings is 2. The predicted molar refractivity (Wildman–Crippen MR) is 132 cm³/mol. The number of anilines is 1. The van der Waals surface area contributed by atoms with Crippen molar-refractivity contribution < 1.29 is 9.29 Å². The average Bonchev–Trinajstić information content (AvgIpc) is 3.35. The van der Waals surface area contributed by atoms with Crippen LogP contribution in [0.25, 0.3) is 43.6 Å². The van der Waals surface area contributed by atoms with Gasteiger partial charge in [-0.2, -0.15) is 9.65 Å². The van der Waals surface area contributed by atoms with E-state index in [9.17, 15) is 4.55 Å². The Morgan fingerprint density at radius 3 is 2.78 bits per heavy atom. The molecule has 4 aromatic heterocycles. The lowest BCUT2D eigenvalue weighted by atomic mass is 10.0. The number of nitrogen functional groups attached to an aromatic ring is 1. The fourth-order valence-electron chi connectivity index (χ4n) is 3.70. The summed E-state index contributed by atoms with van der Waals surface area (Å²) in [7, 11) is 3.50. The molecule has 7 nitrogen and oxygen atoms in total. The largest absolute Gasteiger partial charge is 0.393 e. The van der Waals surface area contributed by atoms with Crippen molar-refractivity contribution in [2.24, 2.45) is 7.05 Å². The molecule has 5 aromatic rings. The van der Waals surface area contributed by atoms with Gasteiger partial charge < -0.3 is 10.5 Å². The number of hydrogen-bond acceptors (Lipinski definition) is 7. The molecular weight excluding hydrogens is 442 g/mol. The molecule has 0 saturated carbocycles. The number of nitrogens with zero attached hydrogens (tertiary/aromatic N) is 4. The quantitative estimate of drug-likeness (QED) is 0.357. The van der Waals surface area contributed by atoms with Gasteiger partial charge in [-0.3, -0.25) is 4.68 Å². The normalized spacial score (nSPS) is 12.6. The molecule has 1 atom stereocenters. The van der Waals surface area contributed by atoms with Gasteiger partial charge in [0.05, 0.1) is 12.3 Å². The van der Waals surface area contributed by atoms with Crippen LogP contribution in [0.4, 0.5) is 5.69 Å². The van der Waals surface area contributed by atoms with Gasteiger partial charge in [0.25, 0.3) is 4.21 Å². The third-order valence-electron chi connectivity index (χ3n) is 5.21. The Hall–Kier alpha value is -2.98. The number of ether oxygens (including phenoxy) is 1. The van der Waals surface area contributed by atoms with E-state index >= 15 is 0 Å². The Morgan fingerprint density at radius 2 is 2.00 bits per heavy atom. The number of hydrogen-bond donors (Lipinski definition) is 2. The molecule has 0 saturated heterocycles. The van der Waals surface area contributed by atoms with Gasteiger partial charge in [-0.25, -0.2) is 9.97 Å². The van der Waals surface area contributed by atoms with Crippen molar-refractivity contribution in [1.82, 2.24) is 19.7 Å². The second-order valence-electron chi connectivity index (χ2n) is 7.41. The maximum Gasteiger partial charge on any atom is 0.269 e. The first-order valence-electron chi connectivity index (χ1n) is 10.0. The Balaban J connectivity index is 1.72. The first-order chi connectivity index (χ1) is 15.5. The van der Waals surface area contributed by atoms with Gasteiger partial charge in [0.2, 0.25) is 0 Å². The topological polar surface area (TPSA) is 99.1 Å². The molecule has 4 heterocycles. The lowest BCUT2D eigenvalue weighted by Crippen LogP contribution is -2.11. The van der Waals surface area contributed by atoms with Crippen molar-refractivity contribution in [3.8, 4) is 22.4 Å². The fraction of sp³-hybridized carbons (Fsp3) is 0.174. The van der Waals surface area contributed by atoms with Crippen LogP contribution in [0.15, 0.2) is 59.1 Å². The number of rotatable bonds is 6. The lowest BCUT2D eigenvalue weighted by Gasteiger charge is -2.08. The first kappa shape index (κ1) is 20.9. The molecule has 3 N–H and O–H groups in total. The molecule has 0 radical (unpaired) electrons. The molecule has 9 heteroatoms. The zero-order valence-electron chi connectivity index (χ0n) is 17.6. The maximum absolute atomic E-state index is 10.7. The molecule has 32 heavy (non-hydrogen) atoms. The van der Waals surface area contributed by atoms with Crippen LogP contribution < -0.4 is 5.73 Å².